The van der Waals surface area contributed by atoms with Crippen LogP contribution >= 0.6 is 27.3 Å². The first-order chi connectivity index (χ1) is 13.8. The maximum absolute atomic E-state index is 5.92. The number of morpholine rings is 1. The van der Waals surface area contributed by atoms with Gasteiger partial charge in [0, 0.05) is 41.0 Å². The second kappa shape index (κ2) is 7.90. The number of ether oxygens (including phenoxy) is 2. The Morgan fingerprint density at radius 2 is 2.04 bits per heavy atom. The molecule has 5 rings (SSSR count). The number of hydrogen-bond acceptors (Lipinski definition) is 7. The SMILES string of the molecule is Brc1ccc2c(c1)OCCc1sc(-c3ncnn3CCN3CCOCC3)nc1-2. The molecule has 0 unspecified atom stereocenters. The Bertz CT molecular complexity index is 983. The van der Waals surface area contributed by atoms with Gasteiger partial charge in [-0.1, -0.05) is 15.9 Å². The zero-order valence-corrected chi connectivity index (χ0v) is 17.7. The van der Waals surface area contributed by atoms with Crippen LogP contribution in [0.15, 0.2) is 29.0 Å². The molecule has 2 aliphatic rings. The van der Waals surface area contributed by atoms with E-state index in [0.29, 0.717) is 6.61 Å². The van der Waals surface area contributed by atoms with Crippen LogP contribution in [0.5, 0.6) is 5.75 Å². The molecule has 0 saturated carbocycles. The summed E-state index contributed by atoms with van der Waals surface area (Å²) in [5, 5.41) is 5.36. The van der Waals surface area contributed by atoms with Crippen LogP contribution in [0, 0.1) is 0 Å². The fourth-order valence-corrected chi connectivity index (χ4v) is 4.94. The quantitative estimate of drug-likeness (QED) is 0.594. The van der Waals surface area contributed by atoms with Crippen LogP contribution in [0.1, 0.15) is 4.88 Å². The van der Waals surface area contributed by atoms with Gasteiger partial charge >= 0.3 is 0 Å². The predicted octanol–water partition coefficient (Wildman–Crippen LogP) is 3.10. The van der Waals surface area contributed by atoms with E-state index in [1.165, 1.54) is 4.88 Å². The molecule has 0 amide bonds. The summed E-state index contributed by atoms with van der Waals surface area (Å²) >= 11 is 5.21. The molecule has 9 heteroatoms. The van der Waals surface area contributed by atoms with Gasteiger partial charge < -0.3 is 9.47 Å². The Balaban J connectivity index is 1.43. The highest BCUT2D eigenvalue weighted by molar-refractivity contribution is 9.10. The zero-order chi connectivity index (χ0) is 18.9. The van der Waals surface area contributed by atoms with Gasteiger partial charge in [0.25, 0.3) is 0 Å². The molecule has 1 fully saturated rings. The number of nitrogens with zero attached hydrogens (tertiary/aromatic N) is 5. The highest BCUT2D eigenvalue weighted by Gasteiger charge is 2.23. The Hall–Kier alpha value is -1.81. The first kappa shape index (κ1) is 18.2. The van der Waals surface area contributed by atoms with E-state index in [1.54, 1.807) is 17.7 Å². The lowest BCUT2D eigenvalue weighted by Crippen LogP contribution is -2.38. The van der Waals surface area contributed by atoms with Gasteiger partial charge in [-0.25, -0.2) is 14.6 Å². The van der Waals surface area contributed by atoms with Crippen molar-refractivity contribution in [2.24, 2.45) is 0 Å². The minimum Gasteiger partial charge on any atom is -0.492 e. The van der Waals surface area contributed by atoms with E-state index in [4.69, 9.17) is 14.5 Å². The Labute approximate surface area is 175 Å². The maximum atomic E-state index is 5.92. The van der Waals surface area contributed by atoms with E-state index in [1.807, 2.05) is 16.8 Å². The van der Waals surface area contributed by atoms with Gasteiger partial charge in [0.1, 0.15) is 12.1 Å². The molecule has 2 aliphatic heterocycles. The average Bonchev–Trinajstić information content (AvgIpc) is 3.31. The number of benzene rings is 1. The number of thiazole rings is 1. The Morgan fingerprint density at radius 3 is 2.93 bits per heavy atom. The number of fused-ring (bicyclic) bond motifs is 3. The third-order valence-corrected chi connectivity index (χ3v) is 6.63. The van der Waals surface area contributed by atoms with E-state index >= 15 is 0 Å². The van der Waals surface area contributed by atoms with Crippen LogP contribution < -0.4 is 4.74 Å². The molecule has 7 nitrogen and oxygen atoms in total. The molecule has 2 aromatic heterocycles. The fraction of sp³-hybridized carbons (Fsp3) is 0.421. The molecule has 4 heterocycles. The fourth-order valence-electron chi connectivity index (χ4n) is 3.55. The first-order valence-electron chi connectivity index (χ1n) is 9.38. The predicted molar refractivity (Wildman–Crippen MR) is 111 cm³/mol. The lowest BCUT2D eigenvalue weighted by molar-refractivity contribution is 0.0360. The van der Waals surface area contributed by atoms with Crippen molar-refractivity contribution in [1.29, 1.82) is 0 Å². The van der Waals surface area contributed by atoms with Gasteiger partial charge in [-0.2, -0.15) is 5.10 Å². The molecular formula is C19H20BrN5O2S. The molecule has 0 N–H and O–H groups in total. The summed E-state index contributed by atoms with van der Waals surface area (Å²) in [6.07, 6.45) is 2.47. The smallest absolute Gasteiger partial charge is 0.187 e. The normalized spacial score (nSPS) is 16.9. The molecule has 0 radical (unpaired) electrons. The number of aromatic nitrogens is 4. The maximum Gasteiger partial charge on any atom is 0.187 e. The molecule has 1 saturated heterocycles. The molecular weight excluding hydrogens is 442 g/mol. The third-order valence-electron chi connectivity index (χ3n) is 5.02. The van der Waals surface area contributed by atoms with Crippen molar-refractivity contribution in [2.45, 2.75) is 13.0 Å². The van der Waals surface area contributed by atoms with E-state index < -0.39 is 0 Å². The number of hydrogen-bond donors (Lipinski definition) is 0. The van der Waals surface area contributed by atoms with E-state index in [2.05, 4.69) is 37.0 Å². The minimum absolute atomic E-state index is 0.655. The van der Waals surface area contributed by atoms with Gasteiger partial charge in [-0.15, -0.1) is 11.3 Å². The summed E-state index contributed by atoms with van der Waals surface area (Å²) in [5.41, 5.74) is 2.04. The summed E-state index contributed by atoms with van der Waals surface area (Å²) < 4.78 is 14.3. The second-order valence-corrected chi connectivity index (χ2v) is 8.79. The summed E-state index contributed by atoms with van der Waals surface area (Å²) in [6, 6.07) is 6.10. The third kappa shape index (κ3) is 3.59. The second-order valence-electron chi connectivity index (χ2n) is 6.79. The van der Waals surface area contributed by atoms with Crippen molar-refractivity contribution in [3.8, 4) is 27.8 Å². The van der Waals surface area contributed by atoms with Crippen LogP contribution in [0.4, 0.5) is 0 Å². The Morgan fingerprint density at radius 1 is 1.14 bits per heavy atom. The lowest BCUT2D eigenvalue weighted by atomic mass is 10.1. The molecule has 0 bridgehead atoms. The standard InChI is InChI=1S/C19H20BrN5O2S/c20-13-1-2-14-15(11-13)27-8-3-16-17(14)23-19(28-16)18-21-12-22-25(18)5-4-24-6-9-26-10-7-24/h1-2,11-12H,3-10H2. The first-order valence-corrected chi connectivity index (χ1v) is 11.0. The van der Waals surface area contributed by atoms with Crippen molar-refractivity contribution in [1.82, 2.24) is 24.6 Å². The summed E-state index contributed by atoms with van der Waals surface area (Å²) in [6.45, 7) is 5.95. The largest absolute Gasteiger partial charge is 0.492 e. The van der Waals surface area contributed by atoms with Crippen LogP contribution in [0.2, 0.25) is 0 Å². The summed E-state index contributed by atoms with van der Waals surface area (Å²) in [5.74, 6) is 1.71. The van der Waals surface area contributed by atoms with Crippen molar-refractivity contribution >= 4 is 27.3 Å². The van der Waals surface area contributed by atoms with Crippen LogP contribution in [0.25, 0.3) is 22.1 Å². The highest BCUT2D eigenvalue weighted by atomic mass is 79.9. The van der Waals surface area contributed by atoms with Crippen molar-refractivity contribution in [3.63, 3.8) is 0 Å². The van der Waals surface area contributed by atoms with Gasteiger partial charge in [0.15, 0.2) is 10.8 Å². The highest BCUT2D eigenvalue weighted by Crippen LogP contribution is 2.40. The molecule has 3 aromatic rings. The van der Waals surface area contributed by atoms with Crippen molar-refractivity contribution < 1.29 is 9.47 Å². The number of halogens is 1. The molecule has 28 heavy (non-hydrogen) atoms. The monoisotopic (exact) mass is 461 g/mol. The Kier molecular flexibility index (Phi) is 5.15. The minimum atomic E-state index is 0.655. The van der Waals surface area contributed by atoms with Crippen LogP contribution in [-0.4, -0.2) is 64.1 Å². The van der Waals surface area contributed by atoms with Crippen LogP contribution in [0.3, 0.4) is 0 Å². The summed E-state index contributed by atoms with van der Waals surface area (Å²) in [7, 11) is 0. The topological polar surface area (TPSA) is 65.3 Å². The van der Waals surface area contributed by atoms with Gasteiger partial charge in [0.05, 0.1) is 32.1 Å². The molecule has 146 valence electrons. The van der Waals surface area contributed by atoms with Gasteiger partial charge in [0.2, 0.25) is 0 Å². The van der Waals surface area contributed by atoms with Crippen molar-refractivity contribution in [3.05, 3.63) is 33.9 Å². The average molecular weight is 462 g/mol. The molecule has 1 aromatic carbocycles. The van der Waals surface area contributed by atoms with Crippen molar-refractivity contribution in [2.75, 3.05) is 39.5 Å². The van der Waals surface area contributed by atoms with E-state index in [-0.39, 0.29) is 0 Å². The van der Waals surface area contributed by atoms with E-state index in [9.17, 15) is 0 Å². The van der Waals surface area contributed by atoms with Crippen LogP contribution in [-0.2, 0) is 17.7 Å². The van der Waals surface area contributed by atoms with Gasteiger partial charge in [-0.05, 0) is 18.2 Å². The lowest BCUT2D eigenvalue weighted by Gasteiger charge is -2.26. The molecule has 0 atom stereocenters. The molecule has 0 aliphatic carbocycles. The summed E-state index contributed by atoms with van der Waals surface area (Å²) in [4.78, 5) is 13.1. The number of rotatable bonds is 4. The van der Waals surface area contributed by atoms with E-state index in [0.717, 1.165) is 78.1 Å². The zero-order valence-electron chi connectivity index (χ0n) is 15.3. The van der Waals surface area contributed by atoms with Gasteiger partial charge in [-0.3, -0.25) is 4.90 Å². The molecule has 0 spiro atoms.